The maximum atomic E-state index is 12.1. The first-order valence-corrected chi connectivity index (χ1v) is 9.58. The number of nitrogens with zero attached hydrogens (tertiary/aromatic N) is 4. The number of para-hydroxylation sites is 1. The summed E-state index contributed by atoms with van der Waals surface area (Å²) in [5.41, 5.74) is 4.40. The molecule has 0 spiro atoms. The molecule has 1 N–H and O–H groups in total. The van der Waals surface area contributed by atoms with Gasteiger partial charge < -0.3 is 5.32 Å². The molecule has 0 amide bonds. The summed E-state index contributed by atoms with van der Waals surface area (Å²) in [5, 5.41) is 12.2. The van der Waals surface area contributed by atoms with E-state index in [2.05, 4.69) is 26.3 Å². The van der Waals surface area contributed by atoms with Gasteiger partial charge in [0.2, 0.25) is 0 Å². The van der Waals surface area contributed by atoms with Gasteiger partial charge in [0.25, 0.3) is 5.56 Å². The maximum Gasteiger partial charge on any atom is 0.282 e. The van der Waals surface area contributed by atoms with Crippen LogP contribution in [0.4, 0.5) is 5.69 Å². The average Bonchev–Trinajstić information content (AvgIpc) is 3.17. The Bertz CT molecular complexity index is 1150. The van der Waals surface area contributed by atoms with Gasteiger partial charge in [0.15, 0.2) is 0 Å². The van der Waals surface area contributed by atoms with Gasteiger partial charge in [-0.2, -0.15) is 10.2 Å². The Hall–Kier alpha value is -3.19. The van der Waals surface area contributed by atoms with Crippen molar-refractivity contribution < 1.29 is 0 Å². The zero-order valence-electron chi connectivity index (χ0n) is 15.2. The first kappa shape index (κ1) is 18.2. The van der Waals surface area contributed by atoms with Crippen molar-refractivity contribution in [3.63, 3.8) is 0 Å². The fourth-order valence-corrected chi connectivity index (χ4v) is 3.41. The molecule has 0 fully saturated rings. The smallest absolute Gasteiger partial charge is 0.282 e. The molecule has 4 rings (SSSR count). The number of rotatable bonds is 5. The minimum atomic E-state index is -0.187. The van der Waals surface area contributed by atoms with Gasteiger partial charge in [-0.1, -0.05) is 48.5 Å². The van der Waals surface area contributed by atoms with Crippen molar-refractivity contribution in [3.8, 4) is 16.9 Å². The lowest BCUT2D eigenvalue weighted by atomic mass is 10.1. The van der Waals surface area contributed by atoms with Crippen molar-refractivity contribution in [2.45, 2.75) is 6.54 Å². The lowest BCUT2D eigenvalue weighted by Gasteiger charge is -2.08. The van der Waals surface area contributed by atoms with Gasteiger partial charge in [-0.25, -0.2) is 9.36 Å². The second-order valence-electron chi connectivity index (χ2n) is 6.30. The molecule has 0 saturated carbocycles. The third kappa shape index (κ3) is 3.61. The summed E-state index contributed by atoms with van der Waals surface area (Å²) < 4.78 is 3.62. The first-order chi connectivity index (χ1) is 13.6. The summed E-state index contributed by atoms with van der Waals surface area (Å²) in [5.74, 6) is 0. The number of hydrogen-bond acceptors (Lipinski definition) is 4. The number of nitrogens with one attached hydrogen (secondary N) is 1. The molecule has 140 valence electrons. The zero-order valence-corrected chi connectivity index (χ0v) is 16.8. The van der Waals surface area contributed by atoms with E-state index in [-0.39, 0.29) is 5.56 Å². The predicted octanol–water partition coefficient (Wildman–Crippen LogP) is 4.01. The second-order valence-corrected chi connectivity index (χ2v) is 7.10. The van der Waals surface area contributed by atoms with Gasteiger partial charge in [0.1, 0.15) is 4.47 Å². The number of aryl methyl sites for hydroxylation is 1. The Morgan fingerprint density at radius 1 is 1.04 bits per heavy atom. The average molecular weight is 436 g/mol. The Kier molecular flexibility index (Phi) is 5.08. The molecule has 0 aliphatic rings. The highest BCUT2D eigenvalue weighted by atomic mass is 79.9. The predicted molar refractivity (Wildman–Crippen MR) is 114 cm³/mol. The third-order valence-electron chi connectivity index (χ3n) is 4.41. The normalized spacial score (nSPS) is 10.8. The van der Waals surface area contributed by atoms with Crippen molar-refractivity contribution in [3.05, 3.63) is 93.4 Å². The summed E-state index contributed by atoms with van der Waals surface area (Å²) in [6, 6.07) is 20.0. The van der Waals surface area contributed by atoms with E-state index < -0.39 is 0 Å². The topological polar surface area (TPSA) is 64.7 Å². The number of anilines is 1. The molecule has 0 unspecified atom stereocenters. The van der Waals surface area contributed by atoms with Crippen LogP contribution in [0.1, 0.15) is 5.56 Å². The van der Waals surface area contributed by atoms with E-state index in [1.54, 1.807) is 13.2 Å². The highest BCUT2D eigenvalue weighted by Gasteiger charge is 2.13. The van der Waals surface area contributed by atoms with Gasteiger partial charge in [-0.15, -0.1) is 0 Å². The van der Waals surface area contributed by atoms with Crippen LogP contribution in [-0.4, -0.2) is 19.6 Å². The molecule has 4 aromatic rings. The molecule has 7 heteroatoms. The molecule has 0 atom stereocenters. The van der Waals surface area contributed by atoms with E-state index >= 15 is 0 Å². The largest absolute Gasteiger partial charge is 0.378 e. The van der Waals surface area contributed by atoms with E-state index in [1.807, 2.05) is 71.5 Å². The SMILES string of the molecule is Cn1ncc(NCc2cn(-c3ccccc3)nc2-c2ccccc2)c(Br)c1=O. The number of aromatic nitrogens is 4. The molecule has 0 aliphatic carbocycles. The molecule has 0 radical (unpaired) electrons. The molecule has 28 heavy (non-hydrogen) atoms. The molecule has 2 heterocycles. The van der Waals surface area contributed by atoms with Gasteiger partial charge in [0, 0.05) is 30.9 Å². The van der Waals surface area contributed by atoms with Crippen LogP contribution in [0.5, 0.6) is 0 Å². The Balaban J connectivity index is 1.70. The van der Waals surface area contributed by atoms with E-state index in [1.165, 1.54) is 4.68 Å². The molecular formula is C21H18BrN5O. The van der Waals surface area contributed by atoms with Crippen LogP contribution in [0, 0.1) is 0 Å². The maximum absolute atomic E-state index is 12.1. The van der Waals surface area contributed by atoms with E-state index in [4.69, 9.17) is 5.10 Å². The summed E-state index contributed by atoms with van der Waals surface area (Å²) in [7, 11) is 1.62. The molecule has 2 aromatic carbocycles. The molecule has 0 bridgehead atoms. The fourth-order valence-electron chi connectivity index (χ4n) is 2.92. The third-order valence-corrected chi connectivity index (χ3v) is 5.17. The van der Waals surface area contributed by atoms with Crippen molar-refractivity contribution in [1.29, 1.82) is 0 Å². The Labute approximate surface area is 170 Å². The quantitative estimate of drug-likeness (QED) is 0.514. The molecular weight excluding hydrogens is 418 g/mol. The summed E-state index contributed by atoms with van der Waals surface area (Å²) in [6.45, 7) is 0.504. The molecule has 6 nitrogen and oxygen atoms in total. The van der Waals surface area contributed by atoms with E-state index in [0.717, 1.165) is 22.5 Å². The fraction of sp³-hybridized carbons (Fsp3) is 0.0952. The standard InChI is InChI=1S/C21H18BrN5O/c1-26-21(28)19(22)18(13-24-26)23-12-16-14-27(17-10-6-3-7-11-17)25-20(16)15-8-4-2-5-9-15/h2-11,13-14,23H,12H2,1H3. The van der Waals surface area contributed by atoms with Crippen molar-refractivity contribution >= 4 is 21.6 Å². The van der Waals surface area contributed by atoms with Crippen molar-refractivity contribution in [1.82, 2.24) is 19.6 Å². The molecule has 0 aliphatic heterocycles. The van der Waals surface area contributed by atoms with Crippen LogP contribution >= 0.6 is 15.9 Å². The number of benzene rings is 2. The molecule has 0 saturated heterocycles. The lowest BCUT2D eigenvalue weighted by molar-refractivity contribution is 0.703. The Morgan fingerprint density at radius 2 is 1.71 bits per heavy atom. The van der Waals surface area contributed by atoms with E-state index in [0.29, 0.717) is 16.7 Å². The van der Waals surface area contributed by atoms with Crippen molar-refractivity contribution in [2.75, 3.05) is 5.32 Å². The van der Waals surface area contributed by atoms with Gasteiger partial charge >= 0.3 is 0 Å². The van der Waals surface area contributed by atoms with Crippen LogP contribution in [0.2, 0.25) is 0 Å². The minimum Gasteiger partial charge on any atom is -0.378 e. The highest BCUT2D eigenvalue weighted by Crippen LogP contribution is 2.25. The Morgan fingerprint density at radius 3 is 2.43 bits per heavy atom. The second kappa shape index (κ2) is 7.82. The van der Waals surface area contributed by atoms with E-state index in [9.17, 15) is 4.79 Å². The van der Waals surface area contributed by atoms with Crippen LogP contribution in [0.25, 0.3) is 16.9 Å². The zero-order chi connectivity index (χ0) is 19.5. The van der Waals surface area contributed by atoms with Gasteiger partial charge in [-0.3, -0.25) is 4.79 Å². The summed E-state index contributed by atoms with van der Waals surface area (Å²) >= 11 is 3.35. The summed E-state index contributed by atoms with van der Waals surface area (Å²) in [4.78, 5) is 12.1. The van der Waals surface area contributed by atoms with Gasteiger partial charge in [0.05, 0.1) is 23.3 Å². The summed E-state index contributed by atoms with van der Waals surface area (Å²) in [6.07, 6.45) is 3.64. The van der Waals surface area contributed by atoms with Crippen LogP contribution in [0.3, 0.4) is 0 Å². The highest BCUT2D eigenvalue weighted by molar-refractivity contribution is 9.10. The van der Waals surface area contributed by atoms with Crippen LogP contribution in [-0.2, 0) is 13.6 Å². The van der Waals surface area contributed by atoms with Crippen LogP contribution in [0.15, 0.2) is 82.3 Å². The molecule has 2 aromatic heterocycles. The van der Waals surface area contributed by atoms with Crippen molar-refractivity contribution in [2.24, 2.45) is 7.05 Å². The minimum absolute atomic E-state index is 0.187. The monoisotopic (exact) mass is 435 g/mol. The first-order valence-electron chi connectivity index (χ1n) is 8.78. The van der Waals surface area contributed by atoms with Gasteiger partial charge in [-0.05, 0) is 28.1 Å². The lowest BCUT2D eigenvalue weighted by Crippen LogP contribution is -2.21. The van der Waals surface area contributed by atoms with Crippen LogP contribution < -0.4 is 10.9 Å². The number of halogens is 1. The number of hydrogen-bond donors (Lipinski definition) is 1.